The maximum Gasteiger partial charge on any atom is 0.0540 e. The van der Waals surface area contributed by atoms with Crippen molar-refractivity contribution in [3.63, 3.8) is 0 Å². The zero-order chi connectivity index (χ0) is 69.2. The summed E-state index contributed by atoms with van der Waals surface area (Å²) in [5, 5.41) is 2.51. The Morgan fingerprint density at radius 3 is 0.843 bits per heavy atom. The Hall–Kier alpha value is -11.8. The average Bonchev–Trinajstić information content (AvgIpc) is 1.55. The maximum absolute atomic E-state index is 2.51. The largest absolute Gasteiger partial charge is 0.310 e. The molecule has 4 aliphatic carbocycles. The fourth-order valence-electron chi connectivity index (χ4n) is 17.8. The number of anilines is 6. The summed E-state index contributed by atoms with van der Waals surface area (Å²) in [7, 11) is 0. The Morgan fingerprint density at radius 1 is 0.176 bits per heavy atom. The summed E-state index contributed by atoms with van der Waals surface area (Å²) in [6, 6.07) is 126. The Bertz CT molecular complexity index is 5610. The van der Waals surface area contributed by atoms with Crippen LogP contribution in [0.4, 0.5) is 34.1 Å². The molecular formula is C100H80N2. The molecule has 2 heteroatoms. The molecule has 0 radical (unpaired) electrons. The molecule has 2 nitrogen and oxygen atoms in total. The Balaban J connectivity index is 0.000000147. The molecular weight excluding hydrogens is 1230 g/mol. The molecule has 4 aliphatic rings. The van der Waals surface area contributed by atoms with E-state index in [1.165, 1.54) is 144 Å². The highest BCUT2D eigenvalue weighted by Gasteiger charge is 2.41. The number of fused-ring (bicyclic) bond motifs is 13. The van der Waals surface area contributed by atoms with Gasteiger partial charge < -0.3 is 9.80 Å². The topological polar surface area (TPSA) is 6.48 Å². The Kier molecular flexibility index (Phi) is 14.6. The second-order valence-corrected chi connectivity index (χ2v) is 30.4. The van der Waals surface area contributed by atoms with Gasteiger partial charge in [0.2, 0.25) is 0 Å². The summed E-state index contributed by atoms with van der Waals surface area (Å²) in [4.78, 5) is 5.00. The van der Waals surface area contributed by atoms with Crippen molar-refractivity contribution in [3.05, 3.63) is 384 Å². The van der Waals surface area contributed by atoms with E-state index in [0.29, 0.717) is 0 Å². The highest BCUT2D eigenvalue weighted by molar-refractivity contribution is 6.01. The third kappa shape index (κ3) is 9.97. The van der Waals surface area contributed by atoms with E-state index in [-0.39, 0.29) is 21.7 Å². The molecule has 490 valence electrons. The minimum Gasteiger partial charge on any atom is -0.310 e. The SMILES string of the molecule is CC1(C)c2ccccc2-c2ccc(N(c3ccc4c(c3)C(C)(C)c3ccccc3-4)c3ccc(-c4cccc5ccccc45)cc3-c3ccccc3)cc21.CC1(C)c2ccccc2-c2ccc(N(c3ccc4c(c3)C(C)(C)c3ccccc3-4)c3ccc(-c4ccccc4)cc3-c3ccccc3)cc21. The highest BCUT2D eigenvalue weighted by Crippen LogP contribution is 2.57. The first-order valence-corrected chi connectivity index (χ1v) is 36.1. The van der Waals surface area contributed by atoms with E-state index < -0.39 is 0 Å². The first-order valence-electron chi connectivity index (χ1n) is 36.1. The van der Waals surface area contributed by atoms with E-state index in [0.717, 1.165) is 34.1 Å². The second kappa shape index (κ2) is 23.9. The monoisotopic (exact) mass is 1310 g/mol. The zero-order valence-electron chi connectivity index (χ0n) is 59.2. The van der Waals surface area contributed by atoms with E-state index in [2.05, 4.69) is 405 Å². The second-order valence-electron chi connectivity index (χ2n) is 30.4. The Morgan fingerprint density at radius 2 is 0.461 bits per heavy atom. The number of rotatable bonds is 10. The quantitative estimate of drug-likeness (QED) is 0.135. The van der Waals surface area contributed by atoms with E-state index >= 15 is 0 Å². The lowest BCUT2D eigenvalue weighted by molar-refractivity contribution is 0.659. The zero-order valence-corrected chi connectivity index (χ0v) is 59.2. The van der Waals surface area contributed by atoms with Crippen molar-refractivity contribution in [1.29, 1.82) is 0 Å². The van der Waals surface area contributed by atoms with Crippen molar-refractivity contribution < 1.29 is 0 Å². The average molecular weight is 1310 g/mol. The summed E-state index contributed by atoms with van der Waals surface area (Å²) in [6.07, 6.45) is 0. The standard InChI is InChI=1S/C52H41N.C48H39N/c1-51(2)46-23-12-10-20-41(46)43-28-26-37(32-48(43)51)53(38-27-29-44-42-21-11-13-24-47(42)52(3,4)49(44)33-38)50-30-25-36(31-45(50)35-15-6-5-7-16-35)40-22-14-18-34-17-8-9-19-39(34)40;1-47(2)42-21-13-11-19-37(42)39-26-24-35(30-44(39)47)49(36-25-27-40-38-20-12-14-22-43(38)48(3,4)45(40)31-36)46-28-23-34(32-15-7-5-8-16-32)29-41(46)33-17-9-6-10-18-33/h5-33H,1-4H3;5-31H,1-4H3. The summed E-state index contributed by atoms with van der Waals surface area (Å²) in [5.41, 5.74) is 37.9. The molecule has 0 N–H and O–H groups in total. The van der Waals surface area contributed by atoms with E-state index in [4.69, 9.17) is 0 Å². The molecule has 0 saturated carbocycles. The third-order valence-electron chi connectivity index (χ3n) is 23.2. The number of benzene rings is 15. The predicted octanol–water partition coefficient (Wildman–Crippen LogP) is 27.4. The van der Waals surface area contributed by atoms with Gasteiger partial charge in [-0.25, -0.2) is 0 Å². The molecule has 0 saturated heterocycles. The van der Waals surface area contributed by atoms with Crippen molar-refractivity contribution in [1.82, 2.24) is 0 Å². The number of hydrogen-bond donors (Lipinski definition) is 0. The van der Waals surface area contributed by atoms with Gasteiger partial charge in [-0.1, -0.05) is 322 Å². The molecule has 102 heavy (non-hydrogen) atoms. The van der Waals surface area contributed by atoms with Crippen LogP contribution in [0.15, 0.2) is 340 Å². The lowest BCUT2D eigenvalue weighted by atomic mass is 9.82. The first kappa shape index (κ1) is 62.4. The van der Waals surface area contributed by atoms with Crippen LogP contribution in [0, 0.1) is 0 Å². The summed E-state index contributed by atoms with van der Waals surface area (Å²) in [5.74, 6) is 0. The molecule has 0 spiro atoms. The third-order valence-corrected chi connectivity index (χ3v) is 23.2. The molecule has 0 heterocycles. The van der Waals surface area contributed by atoms with Crippen LogP contribution < -0.4 is 9.80 Å². The molecule has 0 aromatic heterocycles. The molecule has 0 unspecified atom stereocenters. The van der Waals surface area contributed by atoms with Gasteiger partial charge in [0.25, 0.3) is 0 Å². The van der Waals surface area contributed by atoms with Gasteiger partial charge >= 0.3 is 0 Å². The van der Waals surface area contributed by atoms with Crippen LogP contribution >= 0.6 is 0 Å². The molecule has 0 atom stereocenters. The smallest absolute Gasteiger partial charge is 0.0540 e. The molecule has 0 amide bonds. The predicted molar refractivity (Wildman–Crippen MR) is 432 cm³/mol. The van der Waals surface area contributed by atoms with Gasteiger partial charge in [0.1, 0.15) is 0 Å². The summed E-state index contributed by atoms with van der Waals surface area (Å²) in [6.45, 7) is 18.9. The fourth-order valence-corrected chi connectivity index (χ4v) is 17.8. The lowest BCUT2D eigenvalue weighted by Gasteiger charge is -2.31. The van der Waals surface area contributed by atoms with E-state index in [1.807, 2.05) is 0 Å². The van der Waals surface area contributed by atoms with Gasteiger partial charge in [-0.05, 0) is 206 Å². The minimum absolute atomic E-state index is 0.103. The van der Waals surface area contributed by atoms with Gasteiger partial charge in [0, 0.05) is 55.5 Å². The van der Waals surface area contributed by atoms with Gasteiger partial charge in [0.15, 0.2) is 0 Å². The van der Waals surface area contributed by atoms with Crippen molar-refractivity contribution in [2.75, 3.05) is 9.80 Å². The van der Waals surface area contributed by atoms with Crippen LogP contribution in [0.1, 0.15) is 99.9 Å². The summed E-state index contributed by atoms with van der Waals surface area (Å²) >= 11 is 0. The van der Waals surface area contributed by atoms with Crippen molar-refractivity contribution in [3.8, 4) is 89.0 Å². The molecule has 0 fully saturated rings. The summed E-state index contributed by atoms with van der Waals surface area (Å²) < 4.78 is 0. The molecule has 19 rings (SSSR count). The number of nitrogens with zero attached hydrogens (tertiary/aromatic N) is 2. The normalized spacial score (nSPS) is 14.4. The molecule has 15 aromatic rings. The van der Waals surface area contributed by atoms with E-state index in [9.17, 15) is 0 Å². The van der Waals surface area contributed by atoms with Gasteiger partial charge in [-0.3, -0.25) is 0 Å². The molecule has 0 aliphatic heterocycles. The Labute approximate surface area is 601 Å². The fraction of sp³-hybridized carbons (Fsp3) is 0.120. The van der Waals surface area contributed by atoms with Gasteiger partial charge in [0.05, 0.1) is 11.4 Å². The van der Waals surface area contributed by atoms with Crippen molar-refractivity contribution in [2.45, 2.75) is 77.0 Å². The van der Waals surface area contributed by atoms with Crippen molar-refractivity contribution >= 4 is 44.9 Å². The van der Waals surface area contributed by atoms with Crippen LogP contribution in [0.3, 0.4) is 0 Å². The molecule has 15 aromatic carbocycles. The van der Waals surface area contributed by atoms with Gasteiger partial charge in [-0.2, -0.15) is 0 Å². The maximum atomic E-state index is 2.51. The highest BCUT2D eigenvalue weighted by atomic mass is 15.2. The lowest BCUT2D eigenvalue weighted by Crippen LogP contribution is -2.18. The number of hydrogen-bond acceptors (Lipinski definition) is 2. The molecule has 0 bridgehead atoms. The van der Waals surface area contributed by atoms with Crippen LogP contribution in [0.2, 0.25) is 0 Å². The van der Waals surface area contributed by atoms with Crippen molar-refractivity contribution in [2.24, 2.45) is 0 Å². The minimum atomic E-state index is -0.115. The van der Waals surface area contributed by atoms with Crippen LogP contribution in [0.25, 0.3) is 99.8 Å². The van der Waals surface area contributed by atoms with Gasteiger partial charge in [-0.15, -0.1) is 0 Å². The van der Waals surface area contributed by atoms with Crippen LogP contribution in [-0.4, -0.2) is 0 Å². The van der Waals surface area contributed by atoms with Crippen LogP contribution in [-0.2, 0) is 21.7 Å². The van der Waals surface area contributed by atoms with Crippen LogP contribution in [0.5, 0.6) is 0 Å². The van der Waals surface area contributed by atoms with E-state index in [1.54, 1.807) is 0 Å². The first-order chi connectivity index (χ1) is 49.6.